The predicted molar refractivity (Wildman–Crippen MR) is 87.7 cm³/mol. The fourth-order valence-corrected chi connectivity index (χ4v) is 2.31. The molecule has 0 saturated heterocycles. The summed E-state index contributed by atoms with van der Waals surface area (Å²) in [5, 5.41) is 2.68. The summed E-state index contributed by atoms with van der Waals surface area (Å²) in [6, 6.07) is 6.95. The van der Waals surface area contributed by atoms with Crippen molar-refractivity contribution in [2.45, 2.75) is 19.5 Å². The summed E-state index contributed by atoms with van der Waals surface area (Å²) in [5.74, 6) is -2.30. The van der Waals surface area contributed by atoms with Gasteiger partial charge in [0.05, 0.1) is 13.2 Å². The highest BCUT2D eigenvalue weighted by molar-refractivity contribution is 5.74. The lowest BCUT2D eigenvalue weighted by Crippen LogP contribution is -2.38. The van der Waals surface area contributed by atoms with E-state index >= 15 is 0 Å². The maximum Gasteiger partial charge on any atom is 0.317 e. The number of benzene rings is 2. The van der Waals surface area contributed by atoms with Gasteiger partial charge in [-0.3, -0.25) is 0 Å². The van der Waals surface area contributed by atoms with Crippen LogP contribution >= 0.6 is 0 Å². The Hall–Kier alpha value is -2.70. The molecule has 2 aromatic carbocycles. The number of nitrogens with zero attached hydrogens (tertiary/aromatic N) is 1. The van der Waals surface area contributed by atoms with Crippen molar-refractivity contribution >= 4 is 6.03 Å². The first-order chi connectivity index (χ1) is 11.8. The third kappa shape index (κ3) is 4.65. The van der Waals surface area contributed by atoms with Gasteiger partial charge >= 0.3 is 6.03 Å². The van der Waals surface area contributed by atoms with E-state index in [0.717, 1.165) is 12.1 Å². The monoisotopic (exact) mass is 352 g/mol. The number of carbonyl (C=O) groups is 1. The first kappa shape index (κ1) is 18.6. The SMILES string of the molecule is COc1ccc(CN(C)C(=O)NC(C)c2ccc(F)c(F)c2)cc1F. The molecule has 0 heterocycles. The minimum Gasteiger partial charge on any atom is -0.494 e. The van der Waals surface area contributed by atoms with Gasteiger partial charge in [0, 0.05) is 13.6 Å². The molecule has 0 aliphatic rings. The van der Waals surface area contributed by atoms with E-state index in [0.29, 0.717) is 11.1 Å². The molecule has 2 rings (SSSR count). The number of halogens is 3. The van der Waals surface area contributed by atoms with Crippen molar-refractivity contribution < 1.29 is 22.7 Å². The maximum absolute atomic E-state index is 13.7. The fourth-order valence-electron chi connectivity index (χ4n) is 2.31. The van der Waals surface area contributed by atoms with Crippen LogP contribution in [0, 0.1) is 17.5 Å². The Labute approximate surface area is 144 Å². The van der Waals surface area contributed by atoms with E-state index in [1.807, 2.05) is 0 Å². The van der Waals surface area contributed by atoms with Crippen molar-refractivity contribution in [3.05, 3.63) is 65.0 Å². The highest BCUT2D eigenvalue weighted by Gasteiger charge is 2.15. The molecule has 0 aromatic heterocycles. The van der Waals surface area contributed by atoms with Crippen LogP contribution in [-0.4, -0.2) is 25.1 Å². The summed E-state index contributed by atoms with van der Waals surface area (Å²) < 4.78 is 44.8. The molecule has 2 amide bonds. The largest absolute Gasteiger partial charge is 0.494 e. The van der Waals surface area contributed by atoms with Gasteiger partial charge in [0.25, 0.3) is 0 Å². The van der Waals surface area contributed by atoms with Crippen molar-refractivity contribution in [1.82, 2.24) is 10.2 Å². The van der Waals surface area contributed by atoms with E-state index in [1.54, 1.807) is 20.0 Å². The summed E-state index contributed by atoms with van der Waals surface area (Å²) in [6.45, 7) is 1.84. The first-order valence-corrected chi connectivity index (χ1v) is 7.60. The molecule has 0 saturated carbocycles. The lowest BCUT2D eigenvalue weighted by atomic mass is 10.1. The van der Waals surface area contributed by atoms with Gasteiger partial charge in [-0.15, -0.1) is 0 Å². The number of rotatable bonds is 5. The number of hydrogen-bond donors (Lipinski definition) is 1. The van der Waals surface area contributed by atoms with Crippen LogP contribution in [0.3, 0.4) is 0 Å². The van der Waals surface area contributed by atoms with Crippen LogP contribution in [-0.2, 0) is 6.54 Å². The maximum atomic E-state index is 13.7. The highest BCUT2D eigenvalue weighted by Crippen LogP contribution is 2.19. The Morgan fingerprint density at radius 3 is 2.44 bits per heavy atom. The molecule has 134 valence electrons. The standard InChI is InChI=1S/C18H19F3N2O2/c1-11(13-5-6-14(19)15(20)9-13)22-18(24)23(2)10-12-4-7-17(25-3)16(21)8-12/h4-9,11H,10H2,1-3H3,(H,22,24). The Morgan fingerprint density at radius 2 is 1.84 bits per heavy atom. The summed E-state index contributed by atoms with van der Waals surface area (Å²) in [6.07, 6.45) is 0. The van der Waals surface area contributed by atoms with E-state index < -0.39 is 29.5 Å². The topological polar surface area (TPSA) is 41.6 Å². The zero-order valence-electron chi connectivity index (χ0n) is 14.1. The molecular formula is C18H19F3N2O2. The molecule has 7 heteroatoms. The van der Waals surface area contributed by atoms with E-state index in [-0.39, 0.29) is 12.3 Å². The predicted octanol–water partition coefficient (Wildman–Crippen LogP) is 4.02. The number of nitrogens with one attached hydrogen (secondary N) is 1. The second-order valence-electron chi connectivity index (χ2n) is 5.67. The molecule has 1 atom stereocenters. The number of ether oxygens (including phenoxy) is 1. The quantitative estimate of drug-likeness (QED) is 0.883. The van der Waals surface area contributed by atoms with Crippen molar-refractivity contribution in [2.75, 3.05) is 14.2 Å². The second kappa shape index (κ2) is 7.92. The normalized spacial score (nSPS) is 11.8. The zero-order chi connectivity index (χ0) is 18.6. The molecule has 0 aliphatic carbocycles. The Morgan fingerprint density at radius 1 is 1.12 bits per heavy atom. The number of hydrogen-bond acceptors (Lipinski definition) is 2. The van der Waals surface area contributed by atoms with Gasteiger partial charge in [-0.25, -0.2) is 18.0 Å². The van der Waals surface area contributed by atoms with Crippen LogP contribution in [0.4, 0.5) is 18.0 Å². The van der Waals surface area contributed by atoms with Gasteiger partial charge in [-0.1, -0.05) is 12.1 Å². The van der Waals surface area contributed by atoms with E-state index in [4.69, 9.17) is 4.74 Å². The van der Waals surface area contributed by atoms with Gasteiger partial charge in [0.2, 0.25) is 0 Å². The highest BCUT2D eigenvalue weighted by atomic mass is 19.2. The van der Waals surface area contributed by atoms with Gasteiger partial charge in [-0.2, -0.15) is 0 Å². The van der Waals surface area contributed by atoms with Crippen LogP contribution in [0.1, 0.15) is 24.1 Å². The molecule has 0 spiro atoms. The molecule has 0 aliphatic heterocycles. The minimum atomic E-state index is -0.972. The smallest absolute Gasteiger partial charge is 0.317 e. The average molecular weight is 352 g/mol. The molecule has 4 nitrogen and oxygen atoms in total. The van der Waals surface area contributed by atoms with E-state index in [1.165, 1.54) is 30.2 Å². The zero-order valence-corrected chi connectivity index (χ0v) is 14.1. The lowest BCUT2D eigenvalue weighted by molar-refractivity contribution is 0.203. The first-order valence-electron chi connectivity index (χ1n) is 7.60. The summed E-state index contributed by atoms with van der Waals surface area (Å²) >= 11 is 0. The van der Waals surface area contributed by atoms with Crippen LogP contribution in [0.2, 0.25) is 0 Å². The lowest BCUT2D eigenvalue weighted by Gasteiger charge is -2.22. The summed E-state index contributed by atoms with van der Waals surface area (Å²) in [5.41, 5.74) is 1.03. The van der Waals surface area contributed by atoms with Crippen LogP contribution in [0.25, 0.3) is 0 Å². The van der Waals surface area contributed by atoms with Gasteiger partial charge in [0.15, 0.2) is 23.2 Å². The van der Waals surface area contributed by atoms with E-state index in [9.17, 15) is 18.0 Å². The molecule has 1 unspecified atom stereocenters. The molecule has 0 fully saturated rings. The number of urea groups is 1. The Kier molecular flexibility index (Phi) is 5.90. The fraction of sp³-hybridized carbons (Fsp3) is 0.278. The Bertz CT molecular complexity index is 768. The second-order valence-corrected chi connectivity index (χ2v) is 5.67. The van der Waals surface area contributed by atoms with Crippen molar-refractivity contribution in [3.63, 3.8) is 0 Å². The van der Waals surface area contributed by atoms with Crippen LogP contribution in [0.15, 0.2) is 36.4 Å². The van der Waals surface area contributed by atoms with Crippen molar-refractivity contribution in [1.29, 1.82) is 0 Å². The molecular weight excluding hydrogens is 333 g/mol. The molecule has 1 N–H and O–H groups in total. The summed E-state index contributed by atoms with van der Waals surface area (Å²) in [7, 11) is 2.92. The number of methoxy groups -OCH3 is 1. The van der Waals surface area contributed by atoms with E-state index in [2.05, 4.69) is 5.32 Å². The molecule has 2 aromatic rings. The van der Waals surface area contributed by atoms with Crippen LogP contribution in [0.5, 0.6) is 5.75 Å². The molecule has 0 radical (unpaired) electrons. The van der Waals surface area contributed by atoms with Gasteiger partial charge < -0.3 is 15.0 Å². The summed E-state index contributed by atoms with van der Waals surface area (Å²) in [4.78, 5) is 13.6. The third-order valence-corrected chi connectivity index (χ3v) is 3.77. The third-order valence-electron chi connectivity index (χ3n) is 3.77. The molecule has 25 heavy (non-hydrogen) atoms. The average Bonchev–Trinajstić information content (AvgIpc) is 2.57. The minimum absolute atomic E-state index is 0.128. The molecule has 0 bridgehead atoms. The van der Waals surface area contributed by atoms with Gasteiger partial charge in [0.1, 0.15) is 0 Å². The van der Waals surface area contributed by atoms with Crippen LogP contribution < -0.4 is 10.1 Å². The number of amides is 2. The van der Waals surface area contributed by atoms with Gasteiger partial charge in [-0.05, 0) is 42.3 Å². The Balaban J connectivity index is 1.99. The van der Waals surface area contributed by atoms with Crippen molar-refractivity contribution in [2.24, 2.45) is 0 Å². The van der Waals surface area contributed by atoms with Crippen molar-refractivity contribution in [3.8, 4) is 5.75 Å². The number of carbonyl (C=O) groups excluding carboxylic acids is 1.